The lowest BCUT2D eigenvalue weighted by Gasteiger charge is -2.14. The molecule has 0 amide bonds. The molecule has 2 rings (SSSR count). The van der Waals surface area contributed by atoms with E-state index in [0.717, 1.165) is 0 Å². The summed E-state index contributed by atoms with van der Waals surface area (Å²) in [6, 6.07) is 0. The van der Waals surface area contributed by atoms with Crippen molar-refractivity contribution in [2.45, 2.75) is 19.3 Å². The van der Waals surface area contributed by atoms with E-state index in [1.54, 1.807) is 19.1 Å². The quantitative estimate of drug-likeness (QED) is 0.487. The number of nitrogens with zero attached hydrogens (tertiary/aromatic N) is 1. The fraction of sp³-hybridized carbons (Fsp3) is 0.417. The second-order valence-corrected chi connectivity index (χ2v) is 4.21. The fourth-order valence-corrected chi connectivity index (χ4v) is 1.53. The summed E-state index contributed by atoms with van der Waals surface area (Å²) in [4.78, 5) is 34.1. The van der Waals surface area contributed by atoms with Crippen molar-refractivity contribution in [3.05, 3.63) is 44.8 Å². The van der Waals surface area contributed by atoms with Crippen LogP contribution >= 0.6 is 0 Å². The number of aromatic nitrogens is 2. The summed E-state index contributed by atoms with van der Waals surface area (Å²) in [5.41, 5.74) is 4.08. The number of aliphatic hydroxyl groups is 1. The van der Waals surface area contributed by atoms with E-state index in [9.17, 15) is 14.4 Å². The molecule has 1 aliphatic heterocycles. The number of aliphatic carboxylic acids is 1. The van der Waals surface area contributed by atoms with E-state index in [1.165, 1.54) is 10.8 Å². The standard InChI is InChI=1S/C10H12N2O4.C2H5NO2/c1-6-4-12(10(15)11-9(6)14)8-3-2-7(5-13)16-8;3-1-2(4)5/h2-4,7-8,13H,5H2,1H3,(H,11,14,15);1,3H2,(H,4,5)/t7-,8+;/m0./s1. The van der Waals surface area contributed by atoms with Crippen molar-refractivity contribution in [1.29, 1.82) is 0 Å². The predicted molar refractivity (Wildman–Crippen MR) is 72.9 cm³/mol. The lowest BCUT2D eigenvalue weighted by atomic mass is 10.3. The first kappa shape index (κ1) is 16.8. The van der Waals surface area contributed by atoms with Crippen LogP contribution in [-0.4, -0.2) is 45.0 Å². The summed E-state index contributed by atoms with van der Waals surface area (Å²) in [6.45, 7) is 1.20. The number of nitrogens with one attached hydrogen (secondary N) is 1. The number of hydrogen-bond donors (Lipinski definition) is 4. The summed E-state index contributed by atoms with van der Waals surface area (Å²) >= 11 is 0. The van der Waals surface area contributed by atoms with Crippen LogP contribution in [0.5, 0.6) is 0 Å². The van der Waals surface area contributed by atoms with Gasteiger partial charge in [-0.25, -0.2) is 4.79 Å². The first-order valence-corrected chi connectivity index (χ1v) is 6.07. The minimum atomic E-state index is -0.968. The third-order valence-electron chi connectivity index (χ3n) is 2.58. The largest absolute Gasteiger partial charge is 0.480 e. The second kappa shape index (κ2) is 7.53. The highest BCUT2D eigenvalue weighted by Crippen LogP contribution is 2.18. The maximum absolute atomic E-state index is 11.5. The van der Waals surface area contributed by atoms with E-state index in [0.29, 0.717) is 5.56 Å². The zero-order chi connectivity index (χ0) is 16.0. The average Bonchev–Trinajstić information content (AvgIpc) is 2.92. The van der Waals surface area contributed by atoms with Crippen molar-refractivity contribution in [3.63, 3.8) is 0 Å². The average molecular weight is 299 g/mol. The molecule has 0 unspecified atom stereocenters. The lowest BCUT2D eigenvalue weighted by Crippen LogP contribution is -2.33. The Kier molecular flexibility index (Phi) is 6.03. The van der Waals surface area contributed by atoms with Crippen LogP contribution in [0.25, 0.3) is 0 Å². The van der Waals surface area contributed by atoms with E-state index >= 15 is 0 Å². The highest BCUT2D eigenvalue weighted by atomic mass is 16.5. The van der Waals surface area contributed by atoms with Gasteiger partial charge in [0, 0.05) is 11.8 Å². The summed E-state index contributed by atoms with van der Waals surface area (Å²) < 4.78 is 6.63. The molecular formula is C12H17N3O6. The highest BCUT2D eigenvalue weighted by Gasteiger charge is 2.20. The van der Waals surface area contributed by atoms with Gasteiger partial charge in [0.1, 0.15) is 6.10 Å². The van der Waals surface area contributed by atoms with Crippen LogP contribution < -0.4 is 17.0 Å². The molecule has 0 aliphatic carbocycles. The van der Waals surface area contributed by atoms with Gasteiger partial charge in [0.15, 0.2) is 6.23 Å². The van der Waals surface area contributed by atoms with Gasteiger partial charge in [-0.3, -0.25) is 19.1 Å². The number of hydrogen-bond acceptors (Lipinski definition) is 6. The Balaban J connectivity index is 0.000000383. The Morgan fingerprint density at radius 1 is 1.48 bits per heavy atom. The van der Waals surface area contributed by atoms with Crippen LogP contribution in [0.1, 0.15) is 11.8 Å². The molecule has 0 saturated carbocycles. The first-order chi connectivity index (χ1) is 9.88. The van der Waals surface area contributed by atoms with Crippen LogP contribution in [0.15, 0.2) is 27.9 Å². The number of rotatable bonds is 3. The Bertz CT molecular complexity index is 633. The molecule has 0 aromatic carbocycles. The molecule has 1 aliphatic rings. The second-order valence-electron chi connectivity index (χ2n) is 4.21. The smallest absolute Gasteiger partial charge is 0.330 e. The number of carboxylic acids is 1. The van der Waals surface area contributed by atoms with Crippen molar-refractivity contribution in [2.24, 2.45) is 5.73 Å². The van der Waals surface area contributed by atoms with Gasteiger partial charge in [-0.15, -0.1) is 0 Å². The van der Waals surface area contributed by atoms with Crippen LogP contribution in [0.4, 0.5) is 0 Å². The van der Waals surface area contributed by atoms with Gasteiger partial charge < -0.3 is 20.7 Å². The molecule has 0 spiro atoms. The molecule has 2 atom stereocenters. The number of aromatic amines is 1. The molecule has 0 bridgehead atoms. The van der Waals surface area contributed by atoms with Crippen LogP contribution in [0.3, 0.4) is 0 Å². The van der Waals surface area contributed by atoms with Gasteiger partial charge in [0.2, 0.25) is 0 Å². The molecule has 1 aromatic heterocycles. The third kappa shape index (κ3) is 4.67. The number of ether oxygens (including phenoxy) is 1. The van der Waals surface area contributed by atoms with Crippen molar-refractivity contribution < 1.29 is 19.7 Å². The molecule has 0 radical (unpaired) electrons. The molecule has 9 nitrogen and oxygen atoms in total. The van der Waals surface area contributed by atoms with E-state index in [4.69, 9.17) is 14.9 Å². The van der Waals surface area contributed by atoms with Gasteiger partial charge in [-0.2, -0.15) is 0 Å². The topological polar surface area (TPSA) is 148 Å². The highest BCUT2D eigenvalue weighted by molar-refractivity contribution is 5.68. The molecule has 9 heteroatoms. The monoisotopic (exact) mass is 299 g/mol. The van der Waals surface area contributed by atoms with E-state index in [-0.39, 0.29) is 13.2 Å². The Morgan fingerprint density at radius 2 is 2.10 bits per heavy atom. The summed E-state index contributed by atoms with van der Waals surface area (Å²) in [6.07, 6.45) is 3.82. The summed E-state index contributed by atoms with van der Waals surface area (Å²) in [5.74, 6) is -0.968. The first-order valence-electron chi connectivity index (χ1n) is 6.07. The van der Waals surface area contributed by atoms with Gasteiger partial charge in [0.05, 0.1) is 13.2 Å². The van der Waals surface area contributed by atoms with Gasteiger partial charge in [0.25, 0.3) is 5.56 Å². The molecule has 116 valence electrons. The molecule has 5 N–H and O–H groups in total. The SMILES string of the molecule is Cc1cn([C@H]2C=C[C@@H](CO)O2)c(=O)[nH]c1=O.NCC(=O)O. The zero-order valence-electron chi connectivity index (χ0n) is 11.4. The van der Waals surface area contributed by atoms with Gasteiger partial charge >= 0.3 is 11.7 Å². The number of nitrogens with two attached hydrogens (primary N) is 1. The Labute approximate surface area is 119 Å². The van der Waals surface area contributed by atoms with Crippen molar-refractivity contribution in [2.75, 3.05) is 13.2 Å². The maximum Gasteiger partial charge on any atom is 0.330 e. The fourth-order valence-electron chi connectivity index (χ4n) is 1.53. The number of aliphatic hydroxyl groups excluding tert-OH is 1. The van der Waals surface area contributed by atoms with Crippen molar-refractivity contribution in [3.8, 4) is 0 Å². The maximum atomic E-state index is 11.5. The molecule has 0 saturated heterocycles. The van der Waals surface area contributed by atoms with Crippen LogP contribution in [0, 0.1) is 6.92 Å². The molecule has 21 heavy (non-hydrogen) atoms. The number of H-pyrrole nitrogens is 1. The van der Waals surface area contributed by atoms with Gasteiger partial charge in [-0.05, 0) is 13.0 Å². The van der Waals surface area contributed by atoms with Crippen molar-refractivity contribution in [1.82, 2.24) is 9.55 Å². The summed E-state index contributed by atoms with van der Waals surface area (Å²) in [5, 5.41) is 16.5. The molecule has 2 heterocycles. The number of carbonyl (C=O) groups is 1. The van der Waals surface area contributed by atoms with Crippen molar-refractivity contribution >= 4 is 5.97 Å². The summed E-state index contributed by atoms with van der Waals surface area (Å²) in [7, 11) is 0. The van der Waals surface area contributed by atoms with Crippen LogP contribution in [-0.2, 0) is 9.53 Å². The van der Waals surface area contributed by atoms with Crippen LogP contribution in [0.2, 0.25) is 0 Å². The minimum absolute atomic E-state index is 0.135. The lowest BCUT2D eigenvalue weighted by molar-refractivity contribution is -0.135. The Morgan fingerprint density at radius 3 is 2.57 bits per heavy atom. The zero-order valence-corrected chi connectivity index (χ0v) is 11.4. The van der Waals surface area contributed by atoms with Gasteiger partial charge in [-0.1, -0.05) is 6.08 Å². The molecular weight excluding hydrogens is 282 g/mol. The molecule has 1 aromatic rings. The third-order valence-corrected chi connectivity index (χ3v) is 2.58. The van der Waals surface area contributed by atoms with E-state index in [2.05, 4.69) is 10.7 Å². The minimum Gasteiger partial charge on any atom is -0.480 e. The molecule has 0 fully saturated rings. The number of carboxylic acid groups (broad SMARTS) is 1. The normalized spacial score (nSPS) is 20.0. The van der Waals surface area contributed by atoms with E-state index in [1.807, 2.05) is 0 Å². The predicted octanol–water partition coefficient (Wildman–Crippen LogP) is -1.68. The number of aryl methyl sites for hydroxylation is 1. The Hall–Kier alpha value is -2.23. The van der Waals surface area contributed by atoms with E-state index < -0.39 is 29.6 Å².